The molecule has 0 aliphatic carbocycles. The molecule has 21 heavy (non-hydrogen) atoms. The van der Waals surface area contributed by atoms with E-state index >= 15 is 0 Å². The zero-order chi connectivity index (χ0) is 13.1. The van der Waals surface area contributed by atoms with E-state index in [4.69, 9.17) is 11.6 Å². The van der Waals surface area contributed by atoms with Gasteiger partial charge in [0, 0.05) is 21.9 Å². The number of nitrogens with two attached hydrogens (primary N) is 2. The Morgan fingerprint density at radius 3 is 2.19 bits per heavy atom. The van der Waals surface area contributed by atoms with E-state index in [9.17, 15) is 0 Å². The van der Waals surface area contributed by atoms with Gasteiger partial charge in [-0.2, -0.15) is 0 Å². The zero-order valence-electron chi connectivity index (χ0n) is 10.5. The number of quaternary nitrogens is 2. The lowest BCUT2D eigenvalue weighted by Gasteiger charge is -1.90. The molecule has 2 heterocycles. The van der Waals surface area contributed by atoms with Crippen LogP contribution in [-0.2, 0) is 0 Å². The van der Waals surface area contributed by atoms with Crippen LogP contribution in [0.25, 0.3) is 0 Å². The minimum Gasteiger partial charge on any atom is -1.00 e. The quantitative estimate of drug-likeness (QED) is 0.282. The number of benzene rings is 2. The second kappa shape index (κ2) is 9.70. The molecular formula is C12H11Cl3N2S4. The number of hydrogen-bond acceptors (Lipinski definition) is 4. The molecule has 2 nitrogen and oxygen atoms in total. The Labute approximate surface area is 157 Å². The summed E-state index contributed by atoms with van der Waals surface area (Å²) in [6.45, 7) is 0. The first kappa shape index (κ1) is 19.7. The maximum absolute atomic E-state index is 5.79. The van der Waals surface area contributed by atoms with Crippen molar-refractivity contribution in [1.82, 2.24) is 0 Å². The molecule has 0 atom stereocenters. The van der Waals surface area contributed by atoms with Crippen LogP contribution < -0.4 is 33.7 Å². The summed E-state index contributed by atoms with van der Waals surface area (Å²) >= 11 is 9.40. The van der Waals surface area contributed by atoms with E-state index in [1.165, 1.54) is 20.4 Å². The van der Waals surface area contributed by atoms with Gasteiger partial charge >= 0.3 is 0 Å². The van der Waals surface area contributed by atoms with Crippen molar-refractivity contribution in [3.63, 3.8) is 0 Å². The number of halogens is 3. The van der Waals surface area contributed by atoms with E-state index in [0.29, 0.717) is 0 Å². The van der Waals surface area contributed by atoms with Gasteiger partial charge in [0.15, 0.2) is 16.7 Å². The lowest BCUT2D eigenvalue weighted by molar-refractivity contribution is -0.375. The molecule has 0 bridgehead atoms. The molecule has 4 rings (SSSR count). The molecule has 0 aromatic heterocycles. The van der Waals surface area contributed by atoms with E-state index < -0.39 is 0 Å². The summed E-state index contributed by atoms with van der Waals surface area (Å²) in [5.74, 6) is 0. The maximum atomic E-state index is 5.79. The predicted molar refractivity (Wildman–Crippen MR) is 86.6 cm³/mol. The van der Waals surface area contributed by atoms with Gasteiger partial charge in [-0.15, -0.1) is 0 Å². The minimum atomic E-state index is 0. The minimum absolute atomic E-state index is 0. The highest BCUT2D eigenvalue weighted by molar-refractivity contribution is 8.74. The van der Waals surface area contributed by atoms with Crippen molar-refractivity contribution in [2.45, 2.75) is 14.7 Å². The van der Waals surface area contributed by atoms with E-state index in [1.807, 2.05) is 18.2 Å². The van der Waals surface area contributed by atoms with Crippen LogP contribution in [-0.4, -0.2) is 0 Å². The molecule has 0 radical (unpaired) electrons. The number of fused-ring (bicyclic) bond motifs is 2. The molecule has 2 aliphatic heterocycles. The van der Waals surface area contributed by atoms with E-state index in [2.05, 4.69) is 33.1 Å². The molecule has 0 spiro atoms. The standard InChI is InChI=1S/C6H4ClNS2.C6H5NS2.2ClH/c7-4-1-2-5-6(3-4)9-10-8-5;1-2-4-6-5(3-1)8-7-9-6;;/h1-3,8H;1-4,7H;2*1H. The molecule has 2 aromatic carbocycles. The first-order valence-electron chi connectivity index (χ1n) is 5.53. The normalized spacial score (nSPS) is 14.0. The Bertz CT molecular complexity index is 577. The molecule has 4 N–H and O–H groups in total. The number of rotatable bonds is 0. The van der Waals surface area contributed by atoms with Crippen LogP contribution in [0, 0.1) is 0 Å². The van der Waals surface area contributed by atoms with Crippen molar-refractivity contribution in [3.8, 4) is 0 Å². The second-order valence-electron chi connectivity index (χ2n) is 3.76. The van der Waals surface area contributed by atoms with Gasteiger partial charge in [0.25, 0.3) is 0 Å². The summed E-state index contributed by atoms with van der Waals surface area (Å²) in [5, 5.41) is 0.821. The summed E-state index contributed by atoms with van der Waals surface area (Å²) in [5.41, 5.74) is 1.29. The van der Waals surface area contributed by atoms with Gasteiger partial charge in [0.2, 0.25) is 0 Å². The van der Waals surface area contributed by atoms with Gasteiger partial charge in [-0.05, 0) is 24.3 Å². The number of hydrogen-bond donors (Lipinski definition) is 2. The van der Waals surface area contributed by atoms with Crippen molar-refractivity contribution in [1.29, 1.82) is 0 Å². The predicted octanol–water partition coefficient (Wildman–Crippen LogP) is -2.51. The van der Waals surface area contributed by atoms with Gasteiger partial charge in [-0.25, -0.2) is 8.85 Å². The topological polar surface area (TPSA) is 33.2 Å². The van der Waals surface area contributed by atoms with Crippen molar-refractivity contribution in [2.24, 2.45) is 0 Å². The Kier molecular flexibility index (Phi) is 9.09. The summed E-state index contributed by atoms with van der Waals surface area (Å²) in [6, 6.07) is 14.4. The Balaban J connectivity index is 0.000000192. The second-order valence-corrected chi connectivity index (χ2v) is 8.43. The summed E-state index contributed by atoms with van der Waals surface area (Å²) in [4.78, 5) is 4.06. The summed E-state index contributed by atoms with van der Waals surface area (Å²) in [6.07, 6.45) is 0. The van der Waals surface area contributed by atoms with E-state index in [1.54, 1.807) is 45.7 Å². The Morgan fingerprint density at radius 1 is 0.857 bits per heavy atom. The Hall–Kier alpha value is 0.630. The first-order valence-corrected chi connectivity index (χ1v) is 9.88. The monoisotopic (exact) mass is 416 g/mol. The smallest absolute Gasteiger partial charge is 0.156 e. The first-order chi connectivity index (χ1) is 9.33. The molecule has 9 heteroatoms. The fraction of sp³-hybridized carbons (Fsp3) is 0. The molecular weight excluding hydrogens is 407 g/mol. The molecule has 0 saturated carbocycles. The van der Waals surface area contributed by atoms with Gasteiger partial charge in [0.05, 0.1) is 14.7 Å². The van der Waals surface area contributed by atoms with Crippen molar-refractivity contribution in [2.75, 3.05) is 0 Å². The van der Waals surface area contributed by atoms with Crippen LogP contribution in [0.5, 0.6) is 0 Å². The van der Waals surface area contributed by atoms with Crippen LogP contribution in [0.4, 0.5) is 5.69 Å². The highest BCUT2D eigenvalue weighted by atomic mass is 35.5. The lowest BCUT2D eigenvalue weighted by atomic mass is 10.3. The fourth-order valence-corrected chi connectivity index (χ4v) is 5.94. The SMILES string of the molecule is Clc1ccc2c(c1)SS[NH2+]2.[Cl-].[Cl-].c1ccc2c(c1)S[NH2+]S2. The van der Waals surface area contributed by atoms with Crippen LogP contribution >= 0.6 is 57.3 Å². The lowest BCUT2D eigenvalue weighted by Crippen LogP contribution is -3.00. The third-order valence-corrected chi connectivity index (χ3v) is 6.94. The van der Waals surface area contributed by atoms with Gasteiger partial charge in [-0.1, -0.05) is 23.7 Å². The molecule has 0 unspecified atom stereocenters. The van der Waals surface area contributed by atoms with Gasteiger partial charge in [0.1, 0.15) is 23.9 Å². The third-order valence-electron chi connectivity index (χ3n) is 2.49. The Morgan fingerprint density at radius 2 is 1.52 bits per heavy atom. The van der Waals surface area contributed by atoms with Crippen LogP contribution in [0.1, 0.15) is 0 Å². The van der Waals surface area contributed by atoms with Gasteiger partial charge in [-0.3, -0.25) is 0 Å². The van der Waals surface area contributed by atoms with Crippen LogP contribution in [0.2, 0.25) is 5.02 Å². The molecule has 0 fully saturated rings. The largest absolute Gasteiger partial charge is 1.00 e. The highest BCUT2D eigenvalue weighted by Crippen LogP contribution is 2.37. The van der Waals surface area contributed by atoms with Crippen LogP contribution in [0.15, 0.2) is 57.2 Å². The summed E-state index contributed by atoms with van der Waals surface area (Å²) in [7, 11) is 3.50. The summed E-state index contributed by atoms with van der Waals surface area (Å²) < 4.78 is 4.29. The zero-order valence-corrected chi connectivity index (χ0v) is 16.0. The maximum Gasteiger partial charge on any atom is 0.156 e. The van der Waals surface area contributed by atoms with E-state index in [-0.39, 0.29) is 24.8 Å². The van der Waals surface area contributed by atoms with Crippen LogP contribution in [0.3, 0.4) is 0 Å². The fourth-order valence-electron chi connectivity index (χ4n) is 1.58. The van der Waals surface area contributed by atoms with Crippen molar-refractivity contribution >= 4 is 63.0 Å². The molecule has 2 aromatic rings. The van der Waals surface area contributed by atoms with Crippen molar-refractivity contribution in [3.05, 3.63) is 47.5 Å². The molecule has 0 saturated heterocycles. The van der Waals surface area contributed by atoms with E-state index in [0.717, 1.165) is 5.02 Å². The highest BCUT2D eigenvalue weighted by Gasteiger charge is 2.17. The van der Waals surface area contributed by atoms with Gasteiger partial charge < -0.3 is 24.8 Å². The average molecular weight is 418 g/mol. The molecule has 114 valence electrons. The molecule has 0 amide bonds. The van der Waals surface area contributed by atoms with Crippen molar-refractivity contribution < 1.29 is 33.7 Å². The third kappa shape index (κ3) is 5.34. The average Bonchev–Trinajstić information content (AvgIpc) is 3.07. The molecule has 2 aliphatic rings.